The summed E-state index contributed by atoms with van der Waals surface area (Å²) in [5.41, 5.74) is -18.8. The van der Waals surface area contributed by atoms with Gasteiger partial charge in [0.2, 0.25) is 0 Å². The molecule has 1 aliphatic carbocycles. The number of hydrogen-bond donors (Lipinski definition) is 1. The van der Waals surface area contributed by atoms with Crippen molar-refractivity contribution in [2.24, 2.45) is 0 Å². The highest BCUT2D eigenvalue weighted by Crippen LogP contribution is 2.58. The number of nitrogens with zero attached hydrogens (tertiary/aromatic N) is 1. The van der Waals surface area contributed by atoms with Crippen molar-refractivity contribution < 1.29 is 65.8 Å². The topological polar surface area (TPSA) is 169 Å². The van der Waals surface area contributed by atoms with Gasteiger partial charge in [0.1, 0.15) is 30.5 Å². The lowest BCUT2D eigenvalue weighted by Crippen LogP contribution is -2.54. The molecule has 39 heavy (non-hydrogen) atoms. The van der Waals surface area contributed by atoms with Crippen LogP contribution in [0.25, 0.3) is 0 Å². The molecule has 0 radical (unpaired) electrons. The lowest BCUT2D eigenvalue weighted by atomic mass is 9.88. The largest absolute Gasteiger partial charge is 0.523 e. The number of aromatic nitrogens is 2. The van der Waals surface area contributed by atoms with Crippen molar-refractivity contribution in [1.29, 1.82) is 0 Å². The van der Waals surface area contributed by atoms with Crippen LogP contribution >= 0.6 is 0 Å². The van der Waals surface area contributed by atoms with E-state index in [-0.39, 0.29) is 12.8 Å². The van der Waals surface area contributed by atoms with Gasteiger partial charge >= 0.3 is 36.9 Å². The van der Waals surface area contributed by atoms with E-state index < -0.39 is 85.0 Å². The highest BCUT2D eigenvalue weighted by molar-refractivity contribution is 7.87. The average molecular weight is 618 g/mol. The van der Waals surface area contributed by atoms with Crippen molar-refractivity contribution >= 4 is 20.2 Å². The Balaban J connectivity index is 1.85. The molecule has 1 saturated carbocycles. The minimum Gasteiger partial charge on any atom is -0.340 e. The van der Waals surface area contributed by atoms with Gasteiger partial charge in [0.05, 0.1) is 0 Å². The van der Waals surface area contributed by atoms with E-state index in [4.69, 9.17) is 14.2 Å². The first-order valence-electron chi connectivity index (χ1n) is 11.0. The van der Waals surface area contributed by atoms with Crippen LogP contribution in [0.4, 0.5) is 26.3 Å². The number of ether oxygens (including phenoxy) is 3. The Bertz CT molecular complexity index is 1400. The Morgan fingerprint density at radius 2 is 1.49 bits per heavy atom. The maximum atomic E-state index is 13.0. The maximum absolute atomic E-state index is 13.0. The van der Waals surface area contributed by atoms with Gasteiger partial charge in [-0.05, 0) is 19.8 Å². The molecule has 3 heterocycles. The van der Waals surface area contributed by atoms with E-state index in [0.29, 0.717) is 17.4 Å². The molecular weight excluding hydrogens is 598 g/mol. The summed E-state index contributed by atoms with van der Waals surface area (Å²) >= 11 is 0. The summed E-state index contributed by atoms with van der Waals surface area (Å²) in [7, 11) is -12.8. The van der Waals surface area contributed by atoms with Gasteiger partial charge in [0.15, 0.2) is 12.0 Å². The molecule has 0 bridgehead atoms. The molecule has 0 aromatic carbocycles. The number of halogens is 6. The molecule has 2 saturated heterocycles. The lowest BCUT2D eigenvalue weighted by molar-refractivity contribution is -0.254. The number of hydrogen-bond acceptors (Lipinski definition) is 11. The van der Waals surface area contributed by atoms with Gasteiger partial charge in [0, 0.05) is 25.1 Å². The third-order valence-electron chi connectivity index (χ3n) is 6.53. The Morgan fingerprint density at radius 1 is 0.974 bits per heavy atom. The van der Waals surface area contributed by atoms with Crippen LogP contribution in [0.5, 0.6) is 0 Å². The highest BCUT2D eigenvalue weighted by atomic mass is 32.2. The Morgan fingerprint density at radius 3 is 1.95 bits per heavy atom. The van der Waals surface area contributed by atoms with Crippen molar-refractivity contribution in [3.8, 4) is 0 Å². The molecule has 3 atom stereocenters. The Kier molecular flexibility index (Phi) is 7.09. The number of nitrogens with one attached hydrogen (secondary N) is 1. The van der Waals surface area contributed by atoms with Gasteiger partial charge in [-0.15, -0.1) is 0 Å². The fourth-order valence-electron chi connectivity index (χ4n) is 4.85. The van der Waals surface area contributed by atoms with Crippen LogP contribution in [0, 0.1) is 0 Å². The minimum atomic E-state index is -6.40. The van der Waals surface area contributed by atoms with Gasteiger partial charge in [-0.25, -0.2) is 4.79 Å². The van der Waals surface area contributed by atoms with Crippen LogP contribution < -0.4 is 11.2 Å². The predicted molar refractivity (Wildman–Crippen MR) is 112 cm³/mol. The quantitative estimate of drug-likeness (QED) is 0.263. The molecule has 1 spiro atoms. The fraction of sp³-hybridized carbons (Fsp3) is 0.778. The van der Waals surface area contributed by atoms with Crippen LogP contribution in [0.3, 0.4) is 0 Å². The number of aromatic amines is 1. The molecule has 222 valence electrons. The van der Waals surface area contributed by atoms with Crippen molar-refractivity contribution in [3.63, 3.8) is 0 Å². The van der Waals surface area contributed by atoms with E-state index in [0.717, 1.165) is 12.3 Å². The van der Waals surface area contributed by atoms with Crippen LogP contribution in [0.1, 0.15) is 38.8 Å². The second kappa shape index (κ2) is 9.24. The van der Waals surface area contributed by atoms with E-state index >= 15 is 0 Å². The average Bonchev–Trinajstić information content (AvgIpc) is 3.42. The number of alkyl halides is 6. The molecule has 21 heteroatoms. The SMILES string of the molecule is C[C@@]12OC3(CCCC3)O[C@@H]1C(COS(=O)(=O)C(F)(F)F)(COS(=O)(=O)C(F)(F)F)O[C@H]2n1ccc(=O)[nH]c1=O. The third kappa shape index (κ3) is 5.12. The zero-order valence-corrected chi connectivity index (χ0v) is 21.2. The van der Waals surface area contributed by atoms with Gasteiger partial charge in [-0.3, -0.25) is 22.7 Å². The molecule has 4 rings (SSSR count). The van der Waals surface area contributed by atoms with E-state index in [9.17, 15) is 52.8 Å². The molecule has 2 aliphatic heterocycles. The van der Waals surface area contributed by atoms with Gasteiger partial charge in [-0.1, -0.05) is 0 Å². The summed E-state index contributed by atoms with van der Waals surface area (Å²) in [6, 6.07) is 0.833. The smallest absolute Gasteiger partial charge is 0.340 e. The van der Waals surface area contributed by atoms with Crippen molar-refractivity contribution in [2.75, 3.05) is 13.2 Å². The van der Waals surface area contributed by atoms with Crippen molar-refractivity contribution in [2.45, 2.75) is 72.9 Å². The normalized spacial score (nSPS) is 28.7. The first kappa shape index (κ1) is 29.9. The summed E-state index contributed by atoms with van der Waals surface area (Å²) in [4.78, 5) is 26.0. The van der Waals surface area contributed by atoms with Crippen LogP contribution in [-0.2, 0) is 42.8 Å². The van der Waals surface area contributed by atoms with Gasteiger partial charge in [-0.2, -0.15) is 43.2 Å². The zero-order chi connectivity index (χ0) is 29.3. The predicted octanol–water partition coefficient (Wildman–Crippen LogP) is 0.981. The van der Waals surface area contributed by atoms with Crippen LogP contribution in [0.15, 0.2) is 21.9 Å². The van der Waals surface area contributed by atoms with Crippen LogP contribution in [0.2, 0.25) is 0 Å². The Labute approximate surface area is 215 Å². The molecule has 0 unspecified atom stereocenters. The molecule has 1 N–H and O–H groups in total. The second-order valence-corrected chi connectivity index (χ2v) is 12.5. The minimum absolute atomic E-state index is 0.172. The molecule has 1 aromatic heterocycles. The summed E-state index contributed by atoms with van der Waals surface area (Å²) in [6.45, 7) is -2.34. The summed E-state index contributed by atoms with van der Waals surface area (Å²) < 4.78 is 151. The molecule has 3 fully saturated rings. The summed E-state index contributed by atoms with van der Waals surface area (Å²) in [6.07, 6.45) is -1.43. The van der Waals surface area contributed by atoms with E-state index in [1.54, 1.807) is 0 Å². The third-order valence-corrected chi connectivity index (χ3v) is 8.52. The first-order chi connectivity index (χ1) is 17.7. The maximum Gasteiger partial charge on any atom is 0.523 e. The Hall–Kier alpha value is -2.04. The molecule has 13 nitrogen and oxygen atoms in total. The van der Waals surface area contributed by atoms with Gasteiger partial charge < -0.3 is 14.2 Å². The summed E-state index contributed by atoms with van der Waals surface area (Å²) in [5, 5.41) is 0. The van der Waals surface area contributed by atoms with Crippen molar-refractivity contribution in [3.05, 3.63) is 33.1 Å². The number of H-pyrrole nitrogens is 1. The van der Waals surface area contributed by atoms with E-state index in [1.807, 2.05) is 4.98 Å². The van der Waals surface area contributed by atoms with Crippen LogP contribution in [-0.4, -0.2) is 73.7 Å². The monoisotopic (exact) mass is 618 g/mol. The highest BCUT2D eigenvalue weighted by Gasteiger charge is 2.73. The summed E-state index contributed by atoms with van der Waals surface area (Å²) in [5.74, 6) is -1.50. The van der Waals surface area contributed by atoms with Gasteiger partial charge in [0.25, 0.3) is 5.56 Å². The molecule has 0 amide bonds. The molecular formula is C18H20F6N2O11S2. The molecule has 3 aliphatic rings. The first-order valence-corrected chi connectivity index (χ1v) is 13.8. The standard InChI is InChI=1S/C18H20F6N2O11S2/c1-14-11(35-16(37-14)5-2-3-6-16)15(8-33-38(29,30)17(19,20)21,9-34-39(31,32)18(22,23)24)36-12(14)26-7-4-10(27)25-13(26)28/h4,7,11-12H,2-3,5-6,8-9H2,1H3,(H,25,27,28)/t11-,12+,14+/m0/s1. The zero-order valence-electron chi connectivity index (χ0n) is 19.6. The van der Waals surface area contributed by atoms with E-state index in [1.165, 1.54) is 6.92 Å². The number of rotatable bonds is 7. The molecule has 1 aromatic rings. The van der Waals surface area contributed by atoms with Crippen molar-refractivity contribution in [1.82, 2.24) is 9.55 Å². The number of fused-ring (bicyclic) bond motifs is 1. The fourth-order valence-corrected chi connectivity index (χ4v) is 5.83. The second-order valence-electron chi connectivity index (χ2n) is 9.28. The lowest BCUT2D eigenvalue weighted by Gasteiger charge is -2.34. The van der Waals surface area contributed by atoms with E-state index in [2.05, 4.69) is 8.37 Å².